The van der Waals surface area contributed by atoms with Gasteiger partial charge in [-0.05, 0) is 12.8 Å². The van der Waals surface area contributed by atoms with Crippen LogP contribution in [0.5, 0.6) is 0 Å². The Hall–Kier alpha value is -1.83. The van der Waals surface area contributed by atoms with Crippen LogP contribution in [0.2, 0.25) is 0 Å². The average molecular weight is 259 g/mol. The second kappa shape index (κ2) is 7.49. The number of aliphatic hydroxyl groups is 1. The van der Waals surface area contributed by atoms with Crippen molar-refractivity contribution in [3.63, 3.8) is 0 Å². The zero-order valence-electron chi connectivity index (χ0n) is 10.3. The van der Waals surface area contributed by atoms with Crippen molar-refractivity contribution in [1.29, 1.82) is 0 Å². The van der Waals surface area contributed by atoms with Gasteiger partial charge in [-0.15, -0.1) is 0 Å². The summed E-state index contributed by atoms with van der Waals surface area (Å²) in [6, 6.07) is 0. The smallest absolute Gasteiger partial charge is 0.235 e. The van der Waals surface area contributed by atoms with Crippen LogP contribution in [0.15, 0.2) is 4.99 Å². The number of unbranched alkanes of at least 4 members (excludes halogenated alkanes) is 2. The highest BCUT2D eigenvalue weighted by atomic mass is 16.3. The van der Waals surface area contributed by atoms with Crippen LogP contribution in [0.4, 0.5) is 0 Å². The third-order valence-electron chi connectivity index (χ3n) is 2.77. The molecule has 0 spiro atoms. The maximum absolute atomic E-state index is 11.2. The summed E-state index contributed by atoms with van der Waals surface area (Å²) in [7, 11) is 0. The monoisotopic (exact) mass is 259 g/mol. The van der Waals surface area contributed by atoms with Gasteiger partial charge in [0.05, 0.1) is 6.61 Å². The number of nitrogens with two attached hydrogens (primary N) is 4. The number of carbonyl (C=O) groups is 2. The fourth-order valence-corrected chi connectivity index (χ4v) is 1.53. The van der Waals surface area contributed by atoms with E-state index in [1.54, 1.807) is 0 Å². The van der Waals surface area contributed by atoms with Crippen molar-refractivity contribution >= 4 is 17.8 Å². The maximum atomic E-state index is 11.2. The molecule has 0 aromatic rings. The molecule has 18 heavy (non-hydrogen) atoms. The van der Waals surface area contributed by atoms with Gasteiger partial charge in [0, 0.05) is 6.54 Å². The number of hydrogen-bond donors (Lipinski definition) is 5. The predicted molar refractivity (Wildman–Crippen MR) is 67.1 cm³/mol. The molecule has 8 nitrogen and oxygen atoms in total. The molecule has 0 saturated heterocycles. The van der Waals surface area contributed by atoms with Crippen molar-refractivity contribution in [1.82, 2.24) is 0 Å². The molecule has 0 aliphatic heterocycles. The number of rotatable bonds is 9. The first kappa shape index (κ1) is 16.2. The zero-order chi connectivity index (χ0) is 14.2. The largest absolute Gasteiger partial charge is 0.395 e. The third kappa shape index (κ3) is 4.58. The van der Waals surface area contributed by atoms with Crippen LogP contribution in [0, 0.1) is 5.41 Å². The Morgan fingerprint density at radius 3 is 1.94 bits per heavy atom. The van der Waals surface area contributed by atoms with Gasteiger partial charge in [0.1, 0.15) is 5.41 Å². The standard InChI is InChI=1S/C10H21N5O3/c11-7(17)10(6-16,8(12)18)4-2-1-3-5-15-9(13)14/h16H,1-6H2,(H2,11,17)(H2,12,18)(H4,13,14,15). The lowest BCUT2D eigenvalue weighted by atomic mass is 9.82. The Balaban J connectivity index is 4.18. The molecule has 0 fully saturated rings. The summed E-state index contributed by atoms with van der Waals surface area (Å²) in [6.07, 6.45) is 2.04. The minimum absolute atomic E-state index is 0.0222. The van der Waals surface area contributed by atoms with Crippen LogP contribution in [0.3, 0.4) is 0 Å². The summed E-state index contributed by atoms with van der Waals surface area (Å²) in [5, 5.41) is 9.14. The van der Waals surface area contributed by atoms with Crippen molar-refractivity contribution in [3.05, 3.63) is 0 Å². The molecule has 0 rings (SSSR count). The molecule has 8 heteroatoms. The summed E-state index contributed by atoms with van der Waals surface area (Å²) >= 11 is 0. The van der Waals surface area contributed by atoms with E-state index in [0.717, 1.165) is 0 Å². The van der Waals surface area contributed by atoms with Crippen LogP contribution >= 0.6 is 0 Å². The van der Waals surface area contributed by atoms with E-state index in [0.29, 0.717) is 25.8 Å². The van der Waals surface area contributed by atoms with Gasteiger partial charge >= 0.3 is 0 Å². The Labute approximate surface area is 105 Å². The molecular weight excluding hydrogens is 238 g/mol. The average Bonchev–Trinajstić information content (AvgIpc) is 2.27. The fourth-order valence-electron chi connectivity index (χ4n) is 1.53. The number of guanidine groups is 1. The highest BCUT2D eigenvalue weighted by molar-refractivity contribution is 6.03. The minimum atomic E-state index is -1.67. The fraction of sp³-hybridized carbons (Fsp3) is 0.700. The molecular formula is C10H21N5O3. The Bertz CT molecular complexity index is 311. The molecule has 104 valence electrons. The van der Waals surface area contributed by atoms with Crippen LogP contribution in [-0.4, -0.2) is 36.0 Å². The molecule has 0 heterocycles. The maximum Gasteiger partial charge on any atom is 0.235 e. The van der Waals surface area contributed by atoms with Crippen LogP contribution in [-0.2, 0) is 9.59 Å². The topological polar surface area (TPSA) is 171 Å². The molecule has 0 saturated carbocycles. The molecule has 0 aromatic heterocycles. The molecule has 0 aliphatic carbocycles. The summed E-state index contributed by atoms with van der Waals surface area (Å²) < 4.78 is 0. The van der Waals surface area contributed by atoms with Gasteiger partial charge in [-0.3, -0.25) is 14.6 Å². The van der Waals surface area contributed by atoms with E-state index in [1.165, 1.54) is 0 Å². The normalized spacial score (nSPS) is 10.9. The second-order valence-corrected chi connectivity index (χ2v) is 4.09. The molecule has 0 atom stereocenters. The van der Waals surface area contributed by atoms with Crippen molar-refractivity contribution in [2.45, 2.75) is 25.7 Å². The van der Waals surface area contributed by atoms with Gasteiger partial charge in [-0.25, -0.2) is 0 Å². The summed E-state index contributed by atoms with van der Waals surface area (Å²) in [5.74, 6) is -1.78. The number of aliphatic hydroxyl groups excluding tert-OH is 1. The van der Waals surface area contributed by atoms with Gasteiger partial charge in [0.15, 0.2) is 5.96 Å². The van der Waals surface area contributed by atoms with Gasteiger partial charge in [0.25, 0.3) is 0 Å². The van der Waals surface area contributed by atoms with Crippen molar-refractivity contribution in [2.24, 2.45) is 33.3 Å². The lowest BCUT2D eigenvalue weighted by Crippen LogP contribution is -2.50. The highest BCUT2D eigenvalue weighted by Gasteiger charge is 2.41. The second-order valence-electron chi connectivity index (χ2n) is 4.09. The number of aliphatic imine (C=N–C) groups is 1. The Morgan fingerprint density at radius 1 is 1.00 bits per heavy atom. The van der Waals surface area contributed by atoms with Crippen LogP contribution in [0.1, 0.15) is 25.7 Å². The quantitative estimate of drug-likeness (QED) is 0.136. The Morgan fingerprint density at radius 2 is 1.56 bits per heavy atom. The summed E-state index contributed by atoms with van der Waals surface area (Å²) in [4.78, 5) is 26.2. The molecule has 0 aromatic carbocycles. The lowest BCUT2D eigenvalue weighted by molar-refractivity contribution is -0.143. The van der Waals surface area contributed by atoms with E-state index in [1.807, 2.05) is 0 Å². The lowest BCUT2D eigenvalue weighted by Gasteiger charge is -2.24. The van der Waals surface area contributed by atoms with Crippen molar-refractivity contribution < 1.29 is 14.7 Å². The number of carbonyl (C=O) groups excluding carboxylic acids is 2. The van der Waals surface area contributed by atoms with Gasteiger partial charge < -0.3 is 28.0 Å². The minimum Gasteiger partial charge on any atom is -0.395 e. The van der Waals surface area contributed by atoms with E-state index >= 15 is 0 Å². The first-order chi connectivity index (χ1) is 8.36. The van der Waals surface area contributed by atoms with E-state index < -0.39 is 23.8 Å². The van der Waals surface area contributed by atoms with E-state index in [4.69, 9.17) is 28.0 Å². The van der Waals surface area contributed by atoms with E-state index in [-0.39, 0.29) is 12.4 Å². The van der Waals surface area contributed by atoms with Crippen molar-refractivity contribution in [2.75, 3.05) is 13.2 Å². The SMILES string of the molecule is NC(=O)C(CO)(CCCCCN=C(N)N)C(N)=O. The van der Waals surface area contributed by atoms with Gasteiger partial charge in [-0.1, -0.05) is 12.8 Å². The molecule has 0 unspecified atom stereocenters. The Kier molecular flexibility index (Phi) is 6.73. The van der Waals surface area contributed by atoms with Gasteiger partial charge in [-0.2, -0.15) is 0 Å². The predicted octanol–water partition coefficient (Wildman–Crippen LogP) is -2.23. The molecule has 0 radical (unpaired) electrons. The zero-order valence-corrected chi connectivity index (χ0v) is 10.3. The molecule has 0 aliphatic rings. The highest BCUT2D eigenvalue weighted by Crippen LogP contribution is 2.24. The number of primary amides is 2. The number of amides is 2. The number of hydrogen-bond acceptors (Lipinski definition) is 4. The first-order valence-corrected chi connectivity index (χ1v) is 5.63. The summed E-state index contributed by atoms with van der Waals surface area (Å²) in [6.45, 7) is -0.201. The van der Waals surface area contributed by atoms with Gasteiger partial charge in [0.2, 0.25) is 11.8 Å². The molecule has 2 amide bonds. The first-order valence-electron chi connectivity index (χ1n) is 5.63. The van der Waals surface area contributed by atoms with Crippen molar-refractivity contribution in [3.8, 4) is 0 Å². The number of nitrogens with zero attached hydrogens (tertiary/aromatic N) is 1. The van der Waals surface area contributed by atoms with E-state index in [9.17, 15) is 9.59 Å². The van der Waals surface area contributed by atoms with Crippen LogP contribution < -0.4 is 22.9 Å². The summed E-state index contributed by atoms with van der Waals surface area (Å²) in [5.41, 5.74) is 18.8. The molecule has 9 N–H and O–H groups in total. The third-order valence-corrected chi connectivity index (χ3v) is 2.77. The van der Waals surface area contributed by atoms with E-state index in [2.05, 4.69) is 4.99 Å². The van der Waals surface area contributed by atoms with Crippen LogP contribution in [0.25, 0.3) is 0 Å². The molecule has 0 bridgehead atoms.